The smallest absolute Gasteiger partial charge is 0.0666 e. The summed E-state index contributed by atoms with van der Waals surface area (Å²) in [5.74, 6) is 0.785. The van der Waals surface area contributed by atoms with Gasteiger partial charge in [-0.2, -0.15) is 0 Å². The lowest BCUT2D eigenvalue weighted by Gasteiger charge is -2.20. The fourth-order valence-corrected chi connectivity index (χ4v) is 2.28. The first-order valence-corrected chi connectivity index (χ1v) is 6.51. The van der Waals surface area contributed by atoms with Crippen molar-refractivity contribution in [1.82, 2.24) is 0 Å². The van der Waals surface area contributed by atoms with Crippen molar-refractivity contribution in [3.05, 3.63) is 28.2 Å². The largest absolute Gasteiger partial charge is 0.383 e. The van der Waals surface area contributed by atoms with Gasteiger partial charge in [0.2, 0.25) is 0 Å². The van der Waals surface area contributed by atoms with Gasteiger partial charge in [0.25, 0.3) is 0 Å². The number of nitrogens with one attached hydrogen (secondary N) is 1. The molecule has 1 unspecified atom stereocenters. The Kier molecular flexibility index (Phi) is 3.87. The van der Waals surface area contributed by atoms with Crippen molar-refractivity contribution in [3.63, 3.8) is 0 Å². The van der Waals surface area contributed by atoms with Crippen LogP contribution >= 0.6 is 15.9 Å². The molecule has 1 N–H and O–H groups in total. The van der Waals surface area contributed by atoms with Gasteiger partial charge in [-0.05, 0) is 59.3 Å². The van der Waals surface area contributed by atoms with Crippen molar-refractivity contribution in [1.29, 1.82) is 0 Å². The highest BCUT2D eigenvalue weighted by Crippen LogP contribution is 2.35. The monoisotopic (exact) mass is 283 g/mol. The Balaban J connectivity index is 2.08. The number of anilines is 1. The van der Waals surface area contributed by atoms with Crippen LogP contribution in [0.25, 0.3) is 0 Å². The minimum Gasteiger partial charge on any atom is -0.383 e. The molecule has 1 aliphatic carbocycles. The summed E-state index contributed by atoms with van der Waals surface area (Å²) in [7, 11) is 1.77. The Morgan fingerprint density at radius 1 is 1.50 bits per heavy atom. The number of halogens is 1. The molecule has 3 heteroatoms. The molecule has 0 aromatic heterocycles. The predicted molar refractivity (Wildman–Crippen MR) is 70.9 cm³/mol. The van der Waals surface area contributed by atoms with Crippen molar-refractivity contribution in [2.45, 2.75) is 25.8 Å². The molecule has 0 saturated heterocycles. The van der Waals surface area contributed by atoms with E-state index in [4.69, 9.17) is 4.74 Å². The van der Waals surface area contributed by atoms with Gasteiger partial charge in [0, 0.05) is 17.3 Å². The summed E-state index contributed by atoms with van der Waals surface area (Å²) in [5.41, 5.74) is 2.45. The van der Waals surface area contributed by atoms with E-state index in [0.29, 0.717) is 6.04 Å². The number of hydrogen-bond donors (Lipinski definition) is 1. The summed E-state index contributed by atoms with van der Waals surface area (Å²) in [6, 6.07) is 6.82. The summed E-state index contributed by atoms with van der Waals surface area (Å²) in [6.45, 7) is 2.89. The molecular formula is C13H18BrNO. The lowest BCUT2D eigenvalue weighted by atomic mass is 10.1. The van der Waals surface area contributed by atoms with Crippen LogP contribution in [0.4, 0.5) is 5.69 Å². The number of hydrogen-bond acceptors (Lipinski definition) is 2. The Labute approximate surface area is 106 Å². The summed E-state index contributed by atoms with van der Waals surface area (Å²) in [5, 5.41) is 3.58. The first kappa shape index (κ1) is 11.9. The lowest BCUT2D eigenvalue weighted by molar-refractivity contribution is 0.179. The molecule has 1 saturated carbocycles. The zero-order valence-electron chi connectivity index (χ0n) is 9.79. The van der Waals surface area contributed by atoms with Crippen LogP contribution in [-0.2, 0) is 4.74 Å². The van der Waals surface area contributed by atoms with Crippen LogP contribution in [-0.4, -0.2) is 19.8 Å². The van der Waals surface area contributed by atoms with Gasteiger partial charge in [-0.15, -0.1) is 0 Å². The second-order valence-corrected chi connectivity index (χ2v) is 5.38. The molecule has 1 aliphatic rings. The van der Waals surface area contributed by atoms with Gasteiger partial charge >= 0.3 is 0 Å². The minimum atomic E-state index is 0.447. The molecule has 2 nitrogen and oxygen atoms in total. The Morgan fingerprint density at radius 3 is 2.88 bits per heavy atom. The van der Waals surface area contributed by atoms with Gasteiger partial charge in [0.15, 0.2) is 0 Å². The molecule has 16 heavy (non-hydrogen) atoms. The molecule has 88 valence electrons. The number of aryl methyl sites for hydroxylation is 1. The Hall–Kier alpha value is -0.540. The second-order valence-electron chi connectivity index (χ2n) is 4.53. The molecule has 1 aromatic rings. The third kappa shape index (κ3) is 2.98. The summed E-state index contributed by atoms with van der Waals surface area (Å²) in [4.78, 5) is 0. The summed E-state index contributed by atoms with van der Waals surface area (Å²) >= 11 is 3.58. The molecule has 0 bridgehead atoms. The average Bonchev–Trinajstić information content (AvgIpc) is 3.06. The van der Waals surface area contributed by atoms with E-state index >= 15 is 0 Å². The SMILES string of the molecule is COCC(Nc1cc(C)ccc1Br)C1CC1. The van der Waals surface area contributed by atoms with Gasteiger partial charge < -0.3 is 10.1 Å². The van der Waals surface area contributed by atoms with Crippen LogP contribution in [0.2, 0.25) is 0 Å². The standard InChI is InChI=1S/C13H18BrNO/c1-9-3-6-11(14)12(7-9)15-13(8-16-2)10-4-5-10/h3,6-7,10,13,15H,4-5,8H2,1-2H3. The van der Waals surface area contributed by atoms with Crippen molar-refractivity contribution in [2.75, 3.05) is 19.0 Å². The van der Waals surface area contributed by atoms with E-state index in [1.54, 1.807) is 7.11 Å². The summed E-state index contributed by atoms with van der Waals surface area (Å²) in [6.07, 6.45) is 2.65. The van der Waals surface area contributed by atoms with E-state index < -0.39 is 0 Å². The maximum Gasteiger partial charge on any atom is 0.0666 e. The molecule has 1 aromatic carbocycles. The third-order valence-electron chi connectivity index (χ3n) is 3.00. The van der Waals surface area contributed by atoms with Crippen LogP contribution in [0, 0.1) is 12.8 Å². The molecule has 0 spiro atoms. The van der Waals surface area contributed by atoms with E-state index in [9.17, 15) is 0 Å². The predicted octanol–water partition coefficient (Wildman–Crippen LogP) is 3.59. The Morgan fingerprint density at radius 2 is 2.25 bits per heavy atom. The normalized spacial score (nSPS) is 17.2. The van der Waals surface area contributed by atoms with Gasteiger partial charge in [-0.1, -0.05) is 6.07 Å². The third-order valence-corrected chi connectivity index (χ3v) is 3.69. The molecular weight excluding hydrogens is 266 g/mol. The topological polar surface area (TPSA) is 21.3 Å². The van der Waals surface area contributed by atoms with Crippen molar-refractivity contribution < 1.29 is 4.74 Å². The molecule has 0 amide bonds. The van der Waals surface area contributed by atoms with E-state index in [0.717, 1.165) is 17.0 Å². The number of benzene rings is 1. The van der Waals surface area contributed by atoms with E-state index in [2.05, 4.69) is 46.4 Å². The fraction of sp³-hybridized carbons (Fsp3) is 0.538. The first-order chi connectivity index (χ1) is 7.70. The minimum absolute atomic E-state index is 0.447. The zero-order valence-corrected chi connectivity index (χ0v) is 11.4. The summed E-state index contributed by atoms with van der Waals surface area (Å²) < 4.78 is 6.39. The molecule has 2 rings (SSSR count). The molecule has 1 fully saturated rings. The van der Waals surface area contributed by atoms with Crippen LogP contribution < -0.4 is 5.32 Å². The van der Waals surface area contributed by atoms with Gasteiger partial charge in [-0.25, -0.2) is 0 Å². The van der Waals surface area contributed by atoms with Crippen molar-refractivity contribution >= 4 is 21.6 Å². The molecule has 0 aliphatic heterocycles. The van der Waals surface area contributed by atoms with Gasteiger partial charge in [0.1, 0.15) is 0 Å². The van der Waals surface area contributed by atoms with E-state index in [-0.39, 0.29) is 0 Å². The Bertz CT molecular complexity index is 363. The van der Waals surface area contributed by atoms with Crippen molar-refractivity contribution in [2.24, 2.45) is 5.92 Å². The molecule has 0 radical (unpaired) electrons. The highest BCUT2D eigenvalue weighted by atomic mass is 79.9. The number of methoxy groups -OCH3 is 1. The van der Waals surface area contributed by atoms with Gasteiger partial charge in [-0.3, -0.25) is 0 Å². The average molecular weight is 284 g/mol. The highest BCUT2D eigenvalue weighted by Gasteiger charge is 2.31. The number of rotatable bonds is 5. The molecule has 0 heterocycles. The molecule has 1 atom stereocenters. The number of ether oxygens (including phenoxy) is 1. The van der Waals surface area contributed by atoms with E-state index in [1.807, 2.05) is 0 Å². The highest BCUT2D eigenvalue weighted by molar-refractivity contribution is 9.10. The first-order valence-electron chi connectivity index (χ1n) is 5.72. The fourth-order valence-electron chi connectivity index (χ4n) is 1.92. The van der Waals surface area contributed by atoms with Crippen LogP contribution in [0.3, 0.4) is 0 Å². The van der Waals surface area contributed by atoms with Crippen LogP contribution in [0.1, 0.15) is 18.4 Å². The zero-order chi connectivity index (χ0) is 11.5. The maximum absolute atomic E-state index is 5.27. The quantitative estimate of drug-likeness (QED) is 0.892. The second kappa shape index (κ2) is 5.19. The lowest BCUT2D eigenvalue weighted by Crippen LogP contribution is -2.27. The van der Waals surface area contributed by atoms with Crippen molar-refractivity contribution in [3.8, 4) is 0 Å². The van der Waals surface area contributed by atoms with Crippen LogP contribution in [0.15, 0.2) is 22.7 Å². The van der Waals surface area contributed by atoms with Crippen LogP contribution in [0.5, 0.6) is 0 Å². The van der Waals surface area contributed by atoms with E-state index in [1.165, 1.54) is 24.1 Å². The maximum atomic E-state index is 5.27. The van der Waals surface area contributed by atoms with Gasteiger partial charge in [0.05, 0.1) is 12.6 Å².